The zero-order valence-electron chi connectivity index (χ0n) is 11.4. The van der Waals surface area contributed by atoms with Gasteiger partial charge in [-0.25, -0.2) is 8.42 Å². The fourth-order valence-corrected chi connectivity index (χ4v) is 4.09. The van der Waals surface area contributed by atoms with Crippen LogP contribution in [0.15, 0.2) is 24.3 Å². The van der Waals surface area contributed by atoms with E-state index in [0.717, 1.165) is 25.7 Å². The molecule has 0 atom stereocenters. The molecule has 0 aliphatic heterocycles. The van der Waals surface area contributed by atoms with Crippen molar-refractivity contribution in [3.8, 4) is 11.8 Å². The van der Waals surface area contributed by atoms with E-state index in [4.69, 9.17) is 10.00 Å². The maximum Gasteiger partial charge on any atom is 0.153 e. The van der Waals surface area contributed by atoms with Crippen molar-refractivity contribution < 1.29 is 13.2 Å². The molecule has 0 heterocycles. The van der Waals surface area contributed by atoms with Gasteiger partial charge < -0.3 is 4.74 Å². The lowest BCUT2D eigenvalue weighted by molar-refractivity contribution is 0.340. The Balaban J connectivity index is 1.77. The summed E-state index contributed by atoms with van der Waals surface area (Å²) in [6.07, 6.45) is 4.38. The number of rotatable bonds is 6. The molecule has 20 heavy (non-hydrogen) atoms. The van der Waals surface area contributed by atoms with E-state index in [1.165, 1.54) is 0 Å². The molecule has 0 unspecified atom stereocenters. The molecule has 0 bridgehead atoms. The van der Waals surface area contributed by atoms with Gasteiger partial charge in [-0.1, -0.05) is 12.8 Å². The molecule has 1 fully saturated rings. The molecule has 1 aromatic carbocycles. The fraction of sp³-hybridized carbons (Fsp3) is 0.533. The number of nitriles is 1. The molecule has 1 saturated carbocycles. The van der Waals surface area contributed by atoms with Gasteiger partial charge in [0.2, 0.25) is 0 Å². The summed E-state index contributed by atoms with van der Waals surface area (Å²) < 4.78 is 29.3. The molecule has 5 heteroatoms. The first kappa shape index (κ1) is 14.9. The maximum absolute atomic E-state index is 12.0. The van der Waals surface area contributed by atoms with Crippen molar-refractivity contribution in [2.24, 2.45) is 5.92 Å². The van der Waals surface area contributed by atoms with Gasteiger partial charge in [0, 0.05) is 0 Å². The van der Waals surface area contributed by atoms with Crippen LogP contribution in [-0.2, 0) is 9.84 Å². The number of hydrogen-bond donors (Lipinski definition) is 0. The van der Waals surface area contributed by atoms with E-state index in [1.54, 1.807) is 24.3 Å². The maximum atomic E-state index is 12.0. The summed E-state index contributed by atoms with van der Waals surface area (Å²) in [4.78, 5) is 0. The van der Waals surface area contributed by atoms with Gasteiger partial charge in [0.1, 0.15) is 12.4 Å². The lowest BCUT2D eigenvalue weighted by Gasteiger charge is -2.10. The second-order valence-electron chi connectivity index (χ2n) is 5.25. The summed E-state index contributed by atoms with van der Waals surface area (Å²) in [5.41, 5.74) is 0.561. The molecular weight excluding hydrogens is 274 g/mol. The molecule has 1 aliphatic rings. The number of benzene rings is 1. The molecule has 0 aromatic heterocycles. The van der Waals surface area contributed by atoms with Crippen LogP contribution >= 0.6 is 0 Å². The third-order valence-electron chi connectivity index (χ3n) is 3.61. The van der Waals surface area contributed by atoms with Crippen molar-refractivity contribution in [3.63, 3.8) is 0 Å². The van der Waals surface area contributed by atoms with Crippen molar-refractivity contribution in [2.45, 2.75) is 25.7 Å². The Kier molecular flexibility index (Phi) is 5.02. The summed E-state index contributed by atoms with van der Waals surface area (Å²) in [7, 11) is -3.03. The van der Waals surface area contributed by atoms with Gasteiger partial charge in [-0.15, -0.1) is 0 Å². The molecule has 1 aromatic rings. The van der Waals surface area contributed by atoms with Crippen LogP contribution in [0.2, 0.25) is 0 Å². The zero-order valence-corrected chi connectivity index (χ0v) is 12.2. The predicted molar refractivity (Wildman–Crippen MR) is 77.3 cm³/mol. The van der Waals surface area contributed by atoms with Crippen LogP contribution in [0, 0.1) is 17.2 Å². The summed E-state index contributed by atoms with van der Waals surface area (Å²) in [6, 6.07) is 8.70. The largest absolute Gasteiger partial charge is 0.493 e. The SMILES string of the molecule is N#Cc1ccc(OCCS(=O)(=O)CC2CCCC2)cc1. The van der Waals surface area contributed by atoms with Crippen LogP contribution in [0.25, 0.3) is 0 Å². The number of nitrogens with zero attached hydrogens (tertiary/aromatic N) is 1. The molecule has 0 N–H and O–H groups in total. The molecule has 4 nitrogen and oxygen atoms in total. The van der Waals surface area contributed by atoms with Gasteiger partial charge >= 0.3 is 0 Å². The third-order valence-corrected chi connectivity index (χ3v) is 5.38. The van der Waals surface area contributed by atoms with Crippen molar-refractivity contribution in [3.05, 3.63) is 29.8 Å². The highest BCUT2D eigenvalue weighted by Crippen LogP contribution is 2.26. The highest BCUT2D eigenvalue weighted by Gasteiger charge is 2.22. The first-order valence-electron chi connectivity index (χ1n) is 6.92. The van der Waals surface area contributed by atoms with Crippen molar-refractivity contribution in [1.82, 2.24) is 0 Å². The highest BCUT2D eigenvalue weighted by atomic mass is 32.2. The summed E-state index contributed by atoms with van der Waals surface area (Å²) >= 11 is 0. The molecule has 0 spiro atoms. The van der Waals surface area contributed by atoms with E-state index in [-0.39, 0.29) is 12.4 Å². The van der Waals surface area contributed by atoms with Gasteiger partial charge in [-0.3, -0.25) is 0 Å². The molecule has 0 amide bonds. The van der Waals surface area contributed by atoms with E-state index in [9.17, 15) is 8.42 Å². The van der Waals surface area contributed by atoms with Crippen molar-refractivity contribution >= 4 is 9.84 Å². The average Bonchev–Trinajstić information content (AvgIpc) is 2.91. The zero-order chi connectivity index (χ0) is 14.4. The second kappa shape index (κ2) is 6.76. The average molecular weight is 293 g/mol. The Bertz CT molecular complexity index is 566. The van der Waals surface area contributed by atoms with E-state index in [1.807, 2.05) is 6.07 Å². The molecule has 1 aliphatic carbocycles. The predicted octanol–water partition coefficient (Wildman–Crippen LogP) is 2.54. The Morgan fingerprint density at radius 1 is 1.20 bits per heavy atom. The molecule has 0 saturated heterocycles. The normalized spacial score (nSPS) is 15.9. The van der Waals surface area contributed by atoms with Crippen LogP contribution in [0.4, 0.5) is 0 Å². The summed E-state index contributed by atoms with van der Waals surface area (Å²) in [5, 5.41) is 8.68. The van der Waals surface area contributed by atoms with Crippen molar-refractivity contribution in [1.29, 1.82) is 5.26 Å². The minimum atomic E-state index is -3.03. The van der Waals surface area contributed by atoms with Crippen LogP contribution < -0.4 is 4.74 Å². The molecule has 2 rings (SSSR count). The number of ether oxygens (including phenoxy) is 1. The summed E-state index contributed by atoms with van der Waals surface area (Å²) in [5.74, 6) is 1.29. The first-order valence-corrected chi connectivity index (χ1v) is 8.74. The van der Waals surface area contributed by atoms with E-state index in [2.05, 4.69) is 0 Å². The molecule has 108 valence electrons. The van der Waals surface area contributed by atoms with Gasteiger partial charge in [0.05, 0.1) is 23.1 Å². The van der Waals surface area contributed by atoms with Crippen LogP contribution in [0.5, 0.6) is 5.75 Å². The number of hydrogen-bond acceptors (Lipinski definition) is 4. The lowest BCUT2D eigenvalue weighted by atomic mass is 10.1. The highest BCUT2D eigenvalue weighted by molar-refractivity contribution is 7.91. The first-order chi connectivity index (χ1) is 9.59. The van der Waals surface area contributed by atoms with Gasteiger partial charge in [-0.05, 0) is 43.0 Å². The summed E-state index contributed by atoms with van der Waals surface area (Å²) in [6.45, 7) is 0.168. The number of sulfone groups is 1. The van der Waals surface area contributed by atoms with E-state index < -0.39 is 9.84 Å². The van der Waals surface area contributed by atoms with Gasteiger partial charge in [0.15, 0.2) is 9.84 Å². The monoisotopic (exact) mass is 293 g/mol. The lowest BCUT2D eigenvalue weighted by Crippen LogP contribution is -2.21. The molecule has 0 radical (unpaired) electrons. The molecular formula is C15H19NO3S. The Morgan fingerprint density at radius 3 is 2.45 bits per heavy atom. The Morgan fingerprint density at radius 2 is 1.85 bits per heavy atom. The van der Waals surface area contributed by atoms with Crippen LogP contribution in [-0.4, -0.2) is 26.5 Å². The third kappa shape index (κ3) is 4.53. The minimum Gasteiger partial charge on any atom is -0.493 e. The Labute approximate surface area is 120 Å². The fourth-order valence-electron chi connectivity index (χ4n) is 2.53. The standard InChI is InChI=1S/C15H19NO3S/c16-11-13-5-7-15(8-6-13)19-9-10-20(17,18)12-14-3-1-2-4-14/h5-8,14H,1-4,9-10,12H2. The van der Waals surface area contributed by atoms with E-state index in [0.29, 0.717) is 23.0 Å². The van der Waals surface area contributed by atoms with Gasteiger partial charge in [0.25, 0.3) is 0 Å². The quantitative estimate of drug-likeness (QED) is 0.808. The topological polar surface area (TPSA) is 67.2 Å². The van der Waals surface area contributed by atoms with Crippen LogP contribution in [0.3, 0.4) is 0 Å². The Hall–Kier alpha value is -1.54. The van der Waals surface area contributed by atoms with E-state index >= 15 is 0 Å². The van der Waals surface area contributed by atoms with Gasteiger partial charge in [-0.2, -0.15) is 5.26 Å². The van der Waals surface area contributed by atoms with Crippen LogP contribution in [0.1, 0.15) is 31.2 Å². The second-order valence-corrected chi connectivity index (χ2v) is 7.48. The smallest absolute Gasteiger partial charge is 0.153 e. The minimum absolute atomic E-state index is 0.0590. The van der Waals surface area contributed by atoms with Crippen molar-refractivity contribution in [2.75, 3.05) is 18.1 Å².